The van der Waals surface area contributed by atoms with Crippen LogP contribution >= 0.6 is 0 Å². The molecule has 5 rings (SSSR count). The van der Waals surface area contributed by atoms with E-state index in [0.717, 1.165) is 10.9 Å². The van der Waals surface area contributed by atoms with E-state index in [1.807, 2.05) is 12.1 Å². The van der Waals surface area contributed by atoms with Crippen molar-refractivity contribution in [3.63, 3.8) is 0 Å². The number of carbonyl (C=O) groups excluding carboxylic acids is 3. The summed E-state index contributed by atoms with van der Waals surface area (Å²) in [7, 11) is 0. The molecule has 150 valence electrons. The Balaban J connectivity index is 1.47. The average Bonchev–Trinajstić information content (AvgIpc) is 3.35. The van der Waals surface area contributed by atoms with Gasteiger partial charge in [0.15, 0.2) is 0 Å². The fourth-order valence-corrected chi connectivity index (χ4v) is 3.49. The Bertz CT molecular complexity index is 1390. The van der Waals surface area contributed by atoms with Crippen LogP contribution in [-0.2, 0) is 9.53 Å². The quantitative estimate of drug-likeness (QED) is 0.302. The van der Waals surface area contributed by atoms with Crippen molar-refractivity contribution in [1.29, 1.82) is 0 Å². The summed E-state index contributed by atoms with van der Waals surface area (Å²) in [4.78, 5) is 44.6. The first-order valence-corrected chi connectivity index (χ1v) is 9.51. The number of pyridine rings is 1. The predicted octanol–water partition coefficient (Wildman–Crippen LogP) is 4.05. The number of benzene rings is 2. The maximum atomic E-state index is 12.6. The number of carbonyl (C=O) groups is 3. The first kappa shape index (κ1) is 18.5. The van der Waals surface area contributed by atoms with Crippen LogP contribution in [0.25, 0.3) is 22.7 Å². The average molecular weight is 409 g/mol. The lowest BCUT2D eigenvalue weighted by atomic mass is 10.0. The number of H-pyrrole nitrogens is 1. The summed E-state index contributed by atoms with van der Waals surface area (Å²) in [6.07, 6.45) is 5.19. The molecule has 0 fully saturated rings. The number of hydrogen-bond donors (Lipinski definition) is 2. The van der Waals surface area contributed by atoms with Gasteiger partial charge in [-0.2, -0.15) is 0 Å². The van der Waals surface area contributed by atoms with E-state index in [4.69, 9.17) is 4.74 Å². The zero-order valence-electron chi connectivity index (χ0n) is 16.1. The SMILES string of the molecule is O=C1Nc2ccc(C(=O)OC(=O)c3ccccc3)cc2C1=Cc1c[nH]c2ncccc12. The Morgan fingerprint density at radius 3 is 2.58 bits per heavy atom. The number of nitrogens with one attached hydrogen (secondary N) is 2. The molecule has 0 radical (unpaired) electrons. The molecule has 0 spiro atoms. The highest BCUT2D eigenvalue weighted by Crippen LogP contribution is 2.35. The molecule has 0 saturated carbocycles. The van der Waals surface area contributed by atoms with Crippen LogP contribution in [0.1, 0.15) is 31.8 Å². The first-order valence-electron chi connectivity index (χ1n) is 9.51. The third-order valence-corrected chi connectivity index (χ3v) is 5.02. The molecule has 31 heavy (non-hydrogen) atoms. The Hall–Kier alpha value is -4.52. The van der Waals surface area contributed by atoms with E-state index in [0.29, 0.717) is 22.5 Å². The molecule has 2 aromatic carbocycles. The van der Waals surface area contributed by atoms with E-state index in [-0.39, 0.29) is 17.0 Å². The number of rotatable bonds is 3. The second-order valence-corrected chi connectivity index (χ2v) is 6.96. The van der Waals surface area contributed by atoms with Crippen molar-refractivity contribution >= 4 is 46.2 Å². The fourth-order valence-electron chi connectivity index (χ4n) is 3.49. The van der Waals surface area contributed by atoms with Crippen molar-refractivity contribution in [2.75, 3.05) is 5.32 Å². The monoisotopic (exact) mass is 409 g/mol. The zero-order chi connectivity index (χ0) is 21.4. The maximum absolute atomic E-state index is 12.6. The molecular formula is C24H15N3O4. The molecule has 2 aromatic heterocycles. The van der Waals surface area contributed by atoms with E-state index in [9.17, 15) is 14.4 Å². The van der Waals surface area contributed by atoms with Crippen molar-refractivity contribution in [3.05, 3.63) is 95.3 Å². The molecule has 3 heterocycles. The fraction of sp³-hybridized carbons (Fsp3) is 0. The molecule has 7 nitrogen and oxygen atoms in total. The Morgan fingerprint density at radius 1 is 0.935 bits per heavy atom. The highest BCUT2D eigenvalue weighted by atomic mass is 16.6. The van der Waals surface area contributed by atoms with Gasteiger partial charge in [-0.05, 0) is 48.5 Å². The number of anilines is 1. The largest absolute Gasteiger partial charge is 0.386 e. The molecule has 0 unspecified atom stereocenters. The van der Waals surface area contributed by atoms with Crippen LogP contribution in [0.15, 0.2) is 73.1 Å². The van der Waals surface area contributed by atoms with Crippen molar-refractivity contribution in [2.24, 2.45) is 0 Å². The summed E-state index contributed by atoms with van der Waals surface area (Å²) in [6, 6.07) is 16.7. The van der Waals surface area contributed by atoms with Gasteiger partial charge in [0.25, 0.3) is 5.91 Å². The van der Waals surface area contributed by atoms with Gasteiger partial charge in [0.1, 0.15) is 5.65 Å². The van der Waals surface area contributed by atoms with E-state index in [1.54, 1.807) is 60.9 Å². The molecule has 0 aliphatic carbocycles. The minimum Gasteiger partial charge on any atom is -0.386 e. The first-order chi connectivity index (χ1) is 15.1. The summed E-state index contributed by atoms with van der Waals surface area (Å²) >= 11 is 0. The highest BCUT2D eigenvalue weighted by molar-refractivity contribution is 6.35. The van der Waals surface area contributed by atoms with Crippen LogP contribution in [0, 0.1) is 0 Å². The molecule has 0 saturated heterocycles. The van der Waals surface area contributed by atoms with Crippen LogP contribution < -0.4 is 5.32 Å². The minimum atomic E-state index is -0.786. The lowest BCUT2D eigenvalue weighted by Gasteiger charge is -2.05. The van der Waals surface area contributed by atoms with Crippen molar-refractivity contribution in [1.82, 2.24) is 9.97 Å². The van der Waals surface area contributed by atoms with E-state index >= 15 is 0 Å². The van der Waals surface area contributed by atoms with Gasteiger partial charge in [0.05, 0.1) is 11.1 Å². The smallest absolute Gasteiger partial charge is 0.346 e. The molecule has 1 amide bonds. The van der Waals surface area contributed by atoms with Gasteiger partial charge in [-0.25, -0.2) is 14.6 Å². The summed E-state index contributed by atoms with van der Waals surface area (Å²) < 4.78 is 4.99. The topological polar surface area (TPSA) is 101 Å². The third kappa shape index (κ3) is 3.38. The predicted molar refractivity (Wildman–Crippen MR) is 115 cm³/mol. The van der Waals surface area contributed by atoms with Crippen molar-refractivity contribution in [2.45, 2.75) is 0 Å². The van der Waals surface area contributed by atoms with Gasteiger partial charge in [0, 0.05) is 40.2 Å². The van der Waals surface area contributed by atoms with Gasteiger partial charge in [0.2, 0.25) is 0 Å². The van der Waals surface area contributed by atoms with E-state index in [2.05, 4.69) is 15.3 Å². The number of aromatic nitrogens is 2. The highest BCUT2D eigenvalue weighted by Gasteiger charge is 2.26. The van der Waals surface area contributed by atoms with E-state index in [1.165, 1.54) is 6.07 Å². The summed E-state index contributed by atoms with van der Waals surface area (Å²) in [5.41, 5.74) is 3.51. The second-order valence-electron chi connectivity index (χ2n) is 6.96. The second kappa shape index (κ2) is 7.38. The molecule has 1 aliphatic heterocycles. The maximum Gasteiger partial charge on any atom is 0.346 e. The Morgan fingerprint density at radius 2 is 1.74 bits per heavy atom. The van der Waals surface area contributed by atoms with Crippen molar-refractivity contribution < 1.29 is 19.1 Å². The summed E-state index contributed by atoms with van der Waals surface area (Å²) in [5, 5.41) is 3.66. The standard InChI is InChI=1S/C24H15N3O4/c28-22-19(12-16-13-26-21-17(16)7-4-10-25-21)18-11-15(8-9-20(18)27-22)24(30)31-23(29)14-5-2-1-3-6-14/h1-13H,(H,25,26)(H,27,28). The van der Waals surface area contributed by atoms with Crippen LogP contribution in [0.5, 0.6) is 0 Å². The van der Waals surface area contributed by atoms with Gasteiger partial charge < -0.3 is 15.0 Å². The van der Waals surface area contributed by atoms with Gasteiger partial charge in [-0.15, -0.1) is 0 Å². The number of aromatic amines is 1. The van der Waals surface area contributed by atoms with E-state index < -0.39 is 11.9 Å². The number of esters is 2. The number of amides is 1. The molecule has 7 heteroatoms. The normalized spacial score (nSPS) is 13.8. The van der Waals surface area contributed by atoms with Crippen LogP contribution in [0.3, 0.4) is 0 Å². The van der Waals surface area contributed by atoms with Gasteiger partial charge in [-0.1, -0.05) is 18.2 Å². The summed E-state index contributed by atoms with van der Waals surface area (Å²) in [5.74, 6) is -1.80. The van der Waals surface area contributed by atoms with Crippen molar-refractivity contribution in [3.8, 4) is 0 Å². The van der Waals surface area contributed by atoms with Gasteiger partial charge >= 0.3 is 11.9 Å². The molecule has 1 aliphatic rings. The molecule has 2 N–H and O–H groups in total. The van der Waals surface area contributed by atoms with Crippen LogP contribution in [-0.4, -0.2) is 27.8 Å². The Labute approximate surface area is 176 Å². The van der Waals surface area contributed by atoms with Gasteiger partial charge in [-0.3, -0.25) is 4.79 Å². The number of hydrogen-bond acceptors (Lipinski definition) is 5. The molecule has 0 atom stereocenters. The number of nitrogens with zero attached hydrogens (tertiary/aromatic N) is 1. The third-order valence-electron chi connectivity index (χ3n) is 5.02. The lowest BCUT2D eigenvalue weighted by molar-refractivity contribution is -0.110. The zero-order valence-corrected chi connectivity index (χ0v) is 16.1. The lowest BCUT2D eigenvalue weighted by Crippen LogP contribution is -2.12. The minimum absolute atomic E-state index is 0.172. The number of fused-ring (bicyclic) bond motifs is 2. The molecular weight excluding hydrogens is 394 g/mol. The van der Waals surface area contributed by atoms with Crippen LogP contribution in [0.4, 0.5) is 5.69 Å². The Kier molecular flexibility index (Phi) is 4.41. The van der Waals surface area contributed by atoms with Crippen LogP contribution in [0.2, 0.25) is 0 Å². The number of ether oxygens (including phenoxy) is 1. The molecule has 0 bridgehead atoms. The summed E-state index contributed by atoms with van der Waals surface area (Å²) in [6.45, 7) is 0. The molecule has 4 aromatic rings.